The van der Waals surface area contributed by atoms with Crippen LogP contribution in [0.25, 0.3) is 52.2 Å². The van der Waals surface area contributed by atoms with Gasteiger partial charge in [-0.2, -0.15) is 0 Å². The Morgan fingerprint density at radius 2 is 1.09 bits per heavy atom. The summed E-state index contributed by atoms with van der Waals surface area (Å²) in [5, 5.41) is 19.1. The summed E-state index contributed by atoms with van der Waals surface area (Å²) in [7, 11) is 0. The van der Waals surface area contributed by atoms with Crippen molar-refractivity contribution in [2.75, 3.05) is 13.1 Å². The van der Waals surface area contributed by atoms with Gasteiger partial charge in [0.15, 0.2) is 37.2 Å². The van der Waals surface area contributed by atoms with Crippen LogP contribution in [0.1, 0.15) is 71.4 Å². The number of rotatable bonds is 23. The number of carbonyl (C=O) groups excluding carboxylic acids is 5. The van der Waals surface area contributed by atoms with Crippen LogP contribution in [0.5, 0.6) is 0 Å². The van der Waals surface area contributed by atoms with Gasteiger partial charge in [-0.3, -0.25) is 19.2 Å². The summed E-state index contributed by atoms with van der Waals surface area (Å²) in [5.74, 6) is -3.57. The minimum absolute atomic E-state index is 0.0289. The average molecular weight is 1100 g/mol. The Bertz CT molecular complexity index is 2690. The average Bonchev–Trinajstić information content (AvgIpc) is 3.74. The van der Waals surface area contributed by atoms with Gasteiger partial charge in [-0.15, -0.1) is 0 Å². The zero-order valence-corrected chi connectivity index (χ0v) is 43.4. The van der Waals surface area contributed by atoms with E-state index < -0.39 is 141 Å². The lowest BCUT2D eigenvalue weighted by Gasteiger charge is -2.46. The predicted molar refractivity (Wildman–Crippen MR) is 266 cm³/mol. The largest absolute Gasteiger partial charge is 0.459 e. The fourth-order valence-corrected chi connectivity index (χ4v) is 9.69. The van der Waals surface area contributed by atoms with Crippen molar-refractivity contribution >= 4 is 30.0 Å². The lowest BCUT2D eigenvalue weighted by molar-refractivity contribution is -0.292. The summed E-state index contributed by atoms with van der Waals surface area (Å²) in [6.45, 7) is 5.36. The molecule has 1 amide bonds. The molecule has 3 aliphatic heterocycles. The molecule has 3 saturated heterocycles. The Kier molecular flexibility index (Phi) is 22.5. The highest BCUT2D eigenvalue weighted by Crippen LogP contribution is 2.40. The van der Waals surface area contributed by atoms with Gasteiger partial charge in [0.25, 0.3) is 0 Å². The number of carbonyl (C=O) groups is 5. The first-order chi connectivity index (χ1) is 38.1. The maximum Gasteiger partial charge on any atom is 0.410 e. The van der Waals surface area contributed by atoms with E-state index in [1.807, 2.05) is 48.5 Å². The topological polar surface area (TPSA) is 434 Å². The molecule has 2 aromatic carbocycles. The number of amides is 1. The zero-order chi connectivity index (χ0) is 57.0. The van der Waals surface area contributed by atoms with Crippen LogP contribution in [0.15, 0.2) is 86.2 Å². The Labute approximate surface area is 450 Å². The highest BCUT2D eigenvalue weighted by Gasteiger charge is 2.58. The molecule has 422 valence electrons. The van der Waals surface area contributed by atoms with Crippen molar-refractivity contribution in [3.63, 3.8) is 0 Å². The molecule has 0 unspecified atom stereocenters. The van der Waals surface area contributed by atoms with E-state index >= 15 is 0 Å². The number of azide groups is 5. The SMILES string of the molecule is CC[C@H]1O[C@@H](O[C@@H]2[C@@H](OC(C)=O)[C@H](N=[N+]=[N-])C[C@H](N=[N+]=[N-])[C@H]2O[C@H]2O[C@H](CN(Cc3ccccc3)C(=O)OCc3ccccc3)CC[C@H]2N=[N+]=[N-])[C@H](OC(C)=O)[C@@H]1O[C@H]1O[C@@H](CN=[N+]=[N-])[C@@H](OC(C)=O)[C@H](OC(C)=O)[C@H]1N=[N+]=[N-]. The van der Waals surface area contributed by atoms with Crippen LogP contribution in [0.3, 0.4) is 0 Å². The van der Waals surface area contributed by atoms with Crippen molar-refractivity contribution in [3.8, 4) is 0 Å². The van der Waals surface area contributed by atoms with E-state index in [2.05, 4.69) is 50.1 Å². The molecule has 79 heavy (non-hydrogen) atoms. The maximum atomic E-state index is 13.8. The lowest BCUT2D eigenvalue weighted by atomic mass is 9.84. The third-order valence-electron chi connectivity index (χ3n) is 12.9. The van der Waals surface area contributed by atoms with Crippen LogP contribution in [-0.4, -0.2) is 152 Å². The van der Waals surface area contributed by atoms with Gasteiger partial charge in [0, 0.05) is 58.8 Å². The molecule has 0 radical (unpaired) electrons. The van der Waals surface area contributed by atoms with Crippen LogP contribution < -0.4 is 0 Å². The second-order valence-corrected chi connectivity index (χ2v) is 18.4. The molecule has 0 bridgehead atoms. The molecule has 32 heteroatoms. The number of hydrogen-bond acceptors (Lipinski definition) is 21. The predicted octanol–water partition coefficient (Wildman–Crippen LogP) is 7.50. The maximum absolute atomic E-state index is 13.8. The van der Waals surface area contributed by atoms with Crippen LogP contribution in [-0.2, 0) is 84.4 Å². The van der Waals surface area contributed by atoms with Crippen LogP contribution in [0.2, 0.25) is 0 Å². The van der Waals surface area contributed by atoms with Crippen molar-refractivity contribution in [2.24, 2.45) is 25.6 Å². The molecule has 0 aromatic heterocycles. The van der Waals surface area contributed by atoms with E-state index in [4.69, 9.17) is 52.1 Å². The Morgan fingerprint density at radius 1 is 0.557 bits per heavy atom. The molecule has 0 N–H and O–H groups in total. The Morgan fingerprint density at radius 3 is 1.68 bits per heavy atom. The van der Waals surface area contributed by atoms with Gasteiger partial charge in [-0.05, 0) is 64.5 Å². The van der Waals surface area contributed by atoms with Gasteiger partial charge in [0.05, 0.1) is 49.5 Å². The van der Waals surface area contributed by atoms with E-state index in [0.717, 1.165) is 38.8 Å². The molecule has 1 saturated carbocycles. The quantitative estimate of drug-likeness (QED) is 0.0341. The number of esters is 4. The molecule has 32 nitrogen and oxygen atoms in total. The first-order valence-electron chi connectivity index (χ1n) is 24.9. The molecule has 6 rings (SSSR count). The number of nitrogens with zero attached hydrogens (tertiary/aromatic N) is 16. The van der Waals surface area contributed by atoms with Crippen LogP contribution in [0, 0.1) is 0 Å². The molecule has 1 aliphatic carbocycles. The monoisotopic (exact) mass is 1100 g/mol. The normalized spacial score (nSPS) is 30.8. The summed E-state index contributed by atoms with van der Waals surface area (Å²) in [5.41, 5.74) is 50.0. The second-order valence-electron chi connectivity index (χ2n) is 18.4. The highest BCUT2D eigenvalue weighted by atomic mass is 16.8. The van der Waals surface area contributed by atoms with Gasteiger partial charge in [0.1, 0.15) is 37.1 Å². The van der Waals surface area contributed by atoms with E-state index in [1.165, 1.54) is 4.90 Å². The molecule has 17 atom stereocenters. The molecule has 2 aromatic rings. The van der Waals surface area contributed by atoms with Crippen molar-refractivity contribution < 1.29 is 76.1 Å². The third-order valence-corrected chi connectivity index (χ3v) is 12.9. The van der Waals surface area contributed by atoms with E-state index in [0.29, 0.717) is 0 Å². The Balaban J connectivity index is 1.37. The van der Waals surface area contributed by atoms with Crippen molar-refractivity contribution in [1.82, 2.24) is 4.90 Å². The summed E-state index contributed by atoms with van der Waals surface area (Å²) >= 11 is 0. The number of ether oxygens (including phenoxy) is 11. The molecule has 0 spiro atoms. The standard InChI is InChI=1S/C47H58N16O16/c1-6-34-39(78-45-36(57-62-52)41(72-26(4)66)40(71-25(3)65)35(76-45)20-53-58-48)43(73-27(5)67)46(75-34)79-42-37(70-24(2)64)32(55-60-50)19-33(56-61-51)38(42)77-44-31(54-59-49)18-17-30(74-44)22-63(21-28-13-9-7-10-14-28)47(68)69-23-29-15-11-8-12-16-29/h7-16,30-46H,6,17-23H2,1-5H3/t30-,31+,32+,33-,34+,35-,36+,37-,38+,39+,40+,41+,42+,43+,44+,45+,46-/m0/s1. The smallest absolute Gasteiger partial charge is 0.410 e. The summed E-state index contributed by atoms with van der Waals surface area (Å²) in [6, 6.07) is 12.8. The summed E-state index contributed by atoms with van der Waals surface area (Å²) < 4.78 is 67.3. The van der Waals surface area contributed by atoms with Gasteiger partial charge in [0.2, 0.25) is 0 Å². The minimum Gasteiger partial charge on any atom is -0.459 e. The highest BCUT2D eigenvalue weighted by molar-refractivity contribution is 5.68. The number of benzene rings is 2. The van der Waals surface area contributed by atoms with Crippen molar-refractivity contribution in [2.45, 2.75) is 178 Å². The van der Waals surface area contributed by atoms with Crippen molar-refractivity contribution in [3.05, 3.63) is 124 Å². The summed E-state index contributed by atoms with van der Waals surface area (Å²) in [4.78, 5) is 80.7. The van der Waals surface area contributed by atoms with Gasteiger partial charge < -0.3 is 57.0 Å². The van der Waals surface area contributed by atoms with Gasteiger partial charge in [-0.1, -0.05) is 93.2 Å². The minimum atomic E-state index is -1.75. The zero-order valence-electron chi connectivity index (χ0n) is 43.4. The number of hydrogen-bond donors (Lipinski definition) is 0. The third kappa shape index (κ3) is 16.5. The molecule has 3 heterocycles. The molecular weight excluding hydrogens is 1040 g/mol. The van der Waals surface area contributed by atoms with Crippen molar-refractivity contribution in [1.29, 1.82) is 0 Å². The van der Waals surface area contributed by atoms with E-state index in [-0.39, 0.29) is 45.4 Å². The molecule has 4 aliphatic rings. The first kappa shape index (κ1) is 60.1. The Hall–Kier alpha value is -8.10. The van der Waals surface area contributed by atoms with E-state index in [1.54, 1.807) is 19.1 Å². The first-order valence-corrected chi connectivity index (χ1v) is 24.9. The van der Waals surface area contributed by atoms with Crippen LogP contribution >= 0.6 is 0 Å². The fourth-order valence-electron chi connectivity index (χ4n) is 9.69. The van der Waals surface area contributed by atoms with Gasteiger partial charge in [-0.25, -0.2) is 4.79 Å². The lowest BCUT2D eigenvalue weighted by Crippen LogP contribution is -2.62. The summed E-state index contributed by atoms with van der Waals surface area (Å²) in [6.07, 6.45) is -19.9. The molecule has 4 fully saturated rings. The van der Waals surface area contributed by atoms with E-state index in [9.17, 15) is 51.6 Å². The molecular formula is C47H58N16O16. The fraction of sp³-hybridized carbons (Fsp3) is 0.638. The second kappa shape index (κ2) is 29.6. The van der Waals surface area contributed by atoms with Crippen LogP contribution in [0.4, 0.5) is 4.79 Å². The van der Waals surface area contributed by atoms with Gasteiger partial charge >= 0.3 is 30.0 Å².